The SMILES string of the molecule is CCS(=O)(=O)c1ccc(CC(=O)Nc2nc3c(s2)CN(CC2CCOCC2)[C@H]3C(C)C)cc1. The van der Waals surface area contributed by atoms with E-state index in [9.17, 15) is 13.2 Å². The van der Waals surface area contributed by atoms with Crippen molar-refractivity contribution in [2.75, 3.05) is 30.8 Å². The van der Waals surface area contributed by atoms with Crippen LogP contribution in [-0.4, -0.2) is 49.7 Å². The van der Waals surface area contributed by atoms with E-state index >= 15 is 0 Å². The lowest BCUT2D eigenvalue weighted by molar-refractivity contribution is -0.115. The number of nitrogens with zero attached hydrogens (tertiary/aromatic N) is 2. The second-order valence-electron chi connectivity index (χ2n) is 9.27. The zero-order valence-electron chi connectivity index (χ0n) is 19.5. The molecule has 0 spiro atoms. The van der Waals surface area contributed by atoms with Crippen LogP contribution < -0.4 is 5.32 Å². The van der Waals surface area contributed by atoms with Gasteiger partial charge in [0.05, 0.1) is 28.8 Å². The van der Waals surface area contributed by atoms with Gasteiger partial charge in [-0.25, -0.2) is 13.4 Å². The lowest BCUT2D eigenvalue weighted by atomic mass is 9.97. The summed E-state index contributed by atoms with van der Waals surface area (Å²) in [6.07, 6.45) is 2.42. The molecule has 0 unspecified atom stereocenters. The fraction of sp³-hybridized carbons (Fsp3) is 0.583. The van der Waals surface area contributed by atoms with Crippen LogP contribution in [0.1, 0.15) is 55.8 Å². The van der Waals surface area contributed by atoms with Crippen molar-refractivity contribution in [1.29, 1.82) is 0 Å². The second kappa shape index (κ2) is 10.2. The lowest BCUT2D eigenvalue weighted by Gasteiger charge is -2.32. The molecule has 1 N–H and O–H groups in total. The molecule has 1 aromatic heterocycles. The smallest absolute Gasteiger partial charge is 0.230 e. The maximum atomic E-state index is 12.6. The van der Waals surface area contributed by atoms with Gasteiger partial charge in [0.1, 0.15) is 0 Å². The zero-order chi connectivity index (χ0) is 23.6. The van der Waals surface area contributed by atoms with E-state index in [2.05, 4.69) is 24.1 Å². The molecule has 4 rings (SSSR count). The summed E-state index contributed by atoms with van der Waals surface area (Å²) in [5.74, 6) is 1.03. The summed E-state index contributed by atoms with van der Waals surface area (Å²) in [7, 11) is -3.24. The number of carbonyl (C=O) groups excluding carboxylic acids is 1. The van der Waals surface area contributed by atoms with Crippen molar-refractivity contribution in [2.45, 2.75) is 57.5 Å². The van der Waals surface area contributed by atoms with E-state index in [0.29, 0.717) is 17.0 Å². The number of anilines is 1. The molecule has 1 atom stereocenters. The molecule has 3 heterocycles. The summed E-state index contributed by atoms with van der Waals surface area (Å²) in [5.41, 5.74) is 1.88. The topological polar surface area (TPSA) is 88.6 Å². The van der Waals surface area contributed by atoms with Crippen molar-refractivity contribution in [2.24, 2.45) is 11.8 Å². The third kappa shape index (κ3) is 5.65. The molecule has 2 aliphatic rings. The van der Waals surface area contributed by atoms with Crippen LogP contribution in [0.4, 0.5) is 5.13 Å². The predicted octanol–water partition coefficient (Wildman–Crippen LogP) is 4.06. The van der Waals surface area contributed by atoms with Crippen LogP contribution in [0.5, 0.6) is 0 Å². The van der Waals surface area contributed by atoms with E-state index in [1.807, 2.05) is 0 Å². The van der Waals surface area contributed by atoms with Crippen LogP contribution >= 0.6 is 11.3 Å². The first-order valence-electron chi connectivity index (χ1n) is 11.7. The van der Waals surface area contributed by atoms with Gasteiger partial charge in [0.2, 0.25) is 5.91 Å². The summed E-state index contributed by atoms with van der Waals surface area (Å²) in [5, 5.41) is 3.59. The number of thiazole rings is 1. The highest BCUT2D eigenvalue weighted by molar-refractivity contribution is 7.91. The number of aromatic nitrogens is 1. The Morgan fingerprint density at radius 3 is 2.58 bits per heavy atom. The van der Waals surface area contributed by atoms with Crippen LogP contribution in [0, 0.1) is 11.8 Å². The van der Waals surface area contributed by atoms with Gasteiger partial charge in [0.25, 0.3) is 0 Å². The number of amides is 1. The van der Waals surface area contributed by atoms with Crippen LogP contribution in [0.3, 0.4) is 0 Å². The van der Waals surface area contributed by atoms with E-state index in [-0.39, 0.29) is 29.0 Å². The van der Waals surface area contributed by atoms with E-state index < -0.39 is 9.84 Å². The Labute approximate surface area is 200 Å². The Balaban J connectivity index is 1.38. The van der Waals surface area contributed by atoms with Crippen molar-refractivity contribution in [3.63, 3.8) is 0 Å². The predicted molar refractivity (Wildman–Crippen MR) is 130 cm³/mol. The second-order valence-corrected chi connectivity index (χ2v) is 12.6. The lowest BCUT2D eigenvalue weighted by Crippen LogP contribution is -2.33. The molecule has 1 amide bonds. The van der Waals surface area contributed by atoms with Crippen LogP contribution in [0.2, 0.25) is 0 Å². The molecule has 180 valence electrons. The number of benzene rings is 1. The number of fused-ring (bicyclic) bond motifs is 1. The van der Waals surface area contributed by atoms with Crippen LogP contribution in [0.15, 0.2) is 29.2 Å². The number of rotatable bonds is 8. The van der Waals surface area contributed by atoms with Crippen LogP contribution in [-0.2, 0) is 32.3 Å². The largest absolute Gasteiger partial charge is 0.381 e. The van der Waals surface area contributed by atoms with Crippen molar-refractivity contribution >= 4 is 32.2 Å². The minimum atomic E-state index is -3.24. The highest BCUT2D eigenvalue weighted by Gasteiger charge is 2.37. The van der Waals surface area contributed by atoms with E-state index in [4.69, 9.17) is 9.72 Å². The van der Waals surface area contributed by atoms with Crippen molar-refractivity contribution in [1.82, 2.24) is 9.88 Å². The number of carbonyl (C=O) groups is 1. The zero-order valence-corrected chi connectivity index (χ0v) is 21.2. The normalized spacial score (nSPS) is 19.7. The van der Waals surface area contributed by atoms with E-state index in [1.165, 1.54) is 4.88 Å². The average Bonchev–Trinajstić information content (AvgIpc) is 3.31. The molecule has 0 saturated carbocycles. The molecule has 9 heteroatoms. The quantitative estimate of drug-likeness (QED) is 0.599. The first kappa shape index (κ1) is 24.3. The summed E-state index contributed by atoms with van der Waals surface area (Å²) >= 11 is 1.57. The van der Waals surface area contributed by atoms with Gasteiger partial charge in [0, 0.05) is 31.2 Å². The van der Waals surface area contributed by atoms with Gasteiger partial charge in [-0.05, 0) is 42.4 Å². The van der Waals surface area contributed by atoms with E-state index in [0.717, 1.165) is 50.4 Å². The third-order valence-electron chi connectivity index (χ3n) is 6.49. The molecule has 1 saturated heterocycles. The Morgan fingerprint density at radius 1 is 1.24 bits per heavy atom. The maximum absolute atomic E-state index is 12.6. The number of hydrogen-bond acceptors (Lipinski definition) is 7. The van der Waals surface area contributed by atoms with Gasteiger partial charge in [-0.1, -0.05) is 32.9 Å². The van der Waals surface area contributed by atoms with Crippen molar-refractivity contribution < 1.29 is 17.9 Å². The molecule has 0 bridgehead atoms. The van der Waals surface area contributed by atoms with Gasteiger partial charge in [-0.3, -0.25) is 9.69 Å². The van der Waals surface area contributed by atoms with E-state index in [1.54, 1.807) is 42.5 Å². The minimum absolute atomic E-state index is 0.0609. The Bertz CT molecular complexity index is 1070. The monoisotopic (exact) mass is 491 g/mol. The minimum Gasteiger partial charge on any atom is -0.381 e. The van der Waals surface area contributed by atoms with Gasteiger partial charge < -0.3 is 10.1 Å². The molecular weight excluding hydrogens is 458 g/mol. The number of hydrogen-bond donors (Lipinski definition) is 1. The van der Waals surface area contributed by atoms with Gasteiger partial charge in [0.15, 0.2) is 15.0 Å². The van der Waals surface area contributed by atoms with Gasteiger partial charge in [-0.15, -0.1) is 11.3 Å². The molecular formula is C24H33N3O4S2. The fourth-order valence-electron chi connectivity index (χ4n) is 4.72. The van der Waals surface area contributed by atoms with Gasteiger partial charge in [-0.2, -0.15) is 0 Å². The number of ether oxygens (including phenoxy) is 1. The fourth-order valence-corrected chi connectivity index (χ4v) is 6.65. The third-order valence-corrected chi connectivity index (χ3v) is 9.21. The Hall–Kier alpha value is -1.81. The molecule has 1 fully saturated rings. The molecule has 2 aromatic rings. The molecule has 0 radical (unpaired) electrons. The highest BCUT2D eigenvalue weighted by atomic mass is 32.2. The Morgan fingerprint density at radius 2 is 1.94 bits per heavy atom. The highest BCUT2D eigenvalue weighted by Crippen LogP contribution is 2.43. The van der Waals surface area contributed by atoms with Crippen LogP contribution in [0.25, 0.3) is 0 Å². The van der Waals surface area contributed by atoms with Crippen molar-refractivity contribution in [3.8, 4) is 0 Å². The molecule has 33 heavy (non-hydrogen) atoms. The molecule has 1 aromatic carbocycles. The van der Waals surface area contributed by atoms with Gasteiger partial charge >= 0.3 is 0 Å². The summed E-state index contributed by atoms with van der Waals surface area (Å²) in [4.78, 5) is 21.5. The molecule has 0 aliphatic carbocycles. The number of sulfone groups is 1. The number of nitrogens with one attached hydrogen (secondary N) is 1. The maximum Gasteiger partial charge on any atom is 0.230 e. The molecule has 7 nitrogen and oxygen atoms in total. The molecule has 2 aliphatic heterocycles. The average molecular weight is 492 g/mol. The summed E-state index contributed by atoms with van der Waals surface area (Å²) < 4.78 is 29.4. The summed E-state index contributed by atoms with van der Waals surface area (Å²) in [6.45, 7) is 9.76. The first-order valence-corrected chi connectivity index (χ1v) is 14.2. The van der Waals surface area contributed by atoms with Crippen molar-refractivity contribution in [3.05, 3.63) is 40.4 Å². The standard InChI is InChI=1S/C24H33N3O4S2/c1-4-33(29,30)19-7-5-17(6-8-19)13-21(28)25-24-26-22-20(32-24)15-27(23(22)16(2)3)14-18-9-11-31-12-10-18/h5-8,16,18,23H,4,9-15H2,1-3H3,(H,25,26,28)/t23-/m0/s1. The summed E-state index contributed by atoms with van der Waals surface area (Å²) in [6, 6.07) is 6.82. The Kier molecular flexibility index (Phi) is 7.53. The first-order chi connectivity index (χ1) is 15.8.